The summed E-state index contributed by atoms with van der Waals surface area (Å²) < 4.78 is 5.53. The van der Waals surface area contributed by atoms with Crippen LogP contribution in [0.25, 0.3) is 0 Å². The lowest BCUT2D eigenvalue weighted by molar-refractivity contribution is -0.386. The molecule has 1 heterocycles. The van der Waals surface area contributed by atoms with Crippen molar-refractivity contribution in [2.75, 3.05) is 0 Å². The van der Waals surface area contributed by atoms with Crippen LogP contribution < -0.4 is 10.5 Å². The summed E-state index contributed by atoms with van der Waals surface area (Å²) in [5.74, 6) is 0.456. The van der Waals surface area contributed by atoms with Crippen molar-refractivity contribution < 1.29 is 9.66 Å². The molecule has 0 spiro atoms. The number of hydrogen-bond donors (Lipinski definition) is 1. The largest absolute Gasteiger partial charge is 0.432 e. The SMILES string of the molecule is Cc1cccc(Oc2cc(C(C)N)ccn2)c1[N+](=O)[O-]. The van der Waals surface area contributed by atoms with Gasteiger partial charge in [0.15, 0.2) is 0 Å². The molecule has 0 aliphatic carbocycles. The molecule has 1 unspecified atom stereocenters. The summed E-state index contributed by atoms with van der Waals surface area (Å²) in [7, 11) is 0. The van der Waals surface area contributed by atoms with Crippen molar-refractivity contribution in [1.82, 2.24) is 4.98 Å². The highest BCUT2D eigenvalue weighted by atomic mass is 16.6. The van der Waals surface area contributed by atoms with Gasteiger partial charge < -0.3 is 10.5 Å². The maximum Gasteiger partial charge on any atom is 0.314 e. The monoisotopic (exact) mass is 273 g/mol. The molecule has 0 fully saturated rings. The highest BCUT2D eigenvalue weighted by Crippen LogP contribution is 2.33. The van der Waals surface area contributed by atoms with Crippen LogP contribution in [0.3, 0.4) is 0 Å². The van der Waals surface area contributed by atoms with Gasteiger partial charge in [0.05, 0.1) is 4.92 Å². The number of nitrogens with two attached hydrogens (primary N) is 1. The third kappa shape index (κ3) is 2.92. The van der Waals surface area contributed by atoms with Gasteiger partial charge in [0, 0.05) is 23.9 Å². The minimum Gasteiger partial charge on any atom is -0.432 e. The molecule has 1 aromatic carbocycles. The molecule has 6 nitrogen and oxygen atoms in total. The fourth-order valence-corrected chi connectivity index (χ4v) is 1.82. The van der Waals surface area contributed by atoms with Gasteiger partial charge in [-0.05, 0) is 31.5 Å². The standard InChI is InChI=1S/C14H15N3O3/c1-9-4-3-5-12(14(9)17(18)19)20-13-8-11(10(2)15)6-7-16-13/h3-8,10H,15H2,1-2H3. The molecule has 104 valence electrons. The number of nitrogens with zero attached hydrogens (tertiary/aromatic N) is 2. The smallest absolute Gasteiger partial charge is 0.314 e. The Hall–Kier alpha value is -2.47. The number of nitro benzene ring substituents is 1. The van der Waals surface area contributed by atoms with Crippen LogP contribution in [-0.4, -0.2) is 9.91 Å². The van der Waals surface area contributed by atoms with E-state index in [0.717, 1.165) is 5.56 Å². The topological polar surface area (TPSA) is 91.3 Å². The molecule has 2 rings (SSSR count). The summed E-state index contributed by atoms with van der Waals surface area (Å²) in [5.41, 5.74) is 7.12. The molecule has 1 atom stereocenters. The van der Waals surface area contributed by atoms with Crippen molar-refractivity contribution >= 4 is 5.69 Å². The van der Waals surface area contributed by atoms with Crippen molar-refractivity contribution in [3.63, 3.8) is 0 Å². The van der Waals surface area contributed by atoms with Crippen LogP contribution in [0.1, 0.15) is 24.1 Å². The Bertz CT molecular complexity index is 641. The molecule has 0 aliphatic heterocycles. The second kappa shape index (κ2) is 5.66. The van der Waals surface area contributed by atoms with Crippen LogP contribution >= 0.6 is 0 Å². The van der Waals surface area contributed by atoms with Gasteiger partial charge in [0.25, 0.3) is 0 Å². The second-order valence-electron chi connectivity index (χ2n) is 4.50. The van der Waals surface area contributed by atoms with E-state index in [2.05, 4.69) is 4.98 Å². The van der Waals surface area contributed by atoms with E-state index in [9.17, 15) is 10.1 Å². The van der Waals surface area contributed by atoms with E-state index in [-0.39, 0.29) is 23.4 Å². The molecule has 1 aromatic heterocycles. The van der Waals surface area contributed by atoms with Gasteiger partial charge in [-0.15, -0.1) is 0 Å². The summed E-state index contributed by atoms with van der Waals surface area (Å²) in [6, 6.07) is 8.21. The number of aromatic nitrogens is 1. The Morgan fingerprint density at radius 3 is 2.80 bits per heavy atom. The molecule has 0 bridgehead atoms. The Morgan fingerprint density at radius 2 is 2.15 bits per heavy atom. The predicted octanol–water partition coefficient (Wildman–Crippen LogP) is 3.11. The maximum atomic E-state index is 11.1. The van der Waals surface area contributed by atoms with Crippen LogP contribution in [0.2, 0.25) is 0 Å². The molecule has 20 heavy (non-hydrogen) atoms. The van der Waals surface area contributed by atoms with Crippen molar-refractivity contribution in [2.45, 2.75) is 19.9 Å². The summed E-state index contributed by atoms with van der Waals surface area (Å²) in [6.07, 6.45) is 1.57. The fraction of sp³-hybridized carbons (Fsp3) is 0.214. The molecule has 0 aliphatic rings. The van der Waals surface area contributed by atoms with Crippen LogP contribution in [0, 0.1) is 17.0 Å². The Kier molecular flexibility index (Phi) is 3.95. The molecular weight excluding hydrogens is 258 g/mol. The van der Waals surface area contributed by atoms with Crippen LogP contribution in [0.15, 0.2) is 36.5 Å². The predicted molar refractivity (Wildman–Crippen MR) is 74.7 cm³/mol. The minimum absolute atomic E-state index is 0.0551. The van der Waals surface area contributed by atoms with Gasteiger partial charge in [-0.2, -0.15) is 0 Å². The number of hydrogen-bond acceptors (Lipinski definition) is 5. The third-order valence-electron chi connectivity index (χ3n) is 2.88. The van der Waals surface area contributed by atoms with Crippen molar-refractivity contribution in [2.24, 2.45) is 5.73 Å². The van der Waals surface area contributed by atoms with Gasteiger partial charge in [-0.1, -0.05) is 12.1 Å². The summed E-state index contributed by atoms with van der Waals surface area (Å²) in [6.45, 7) is 3.50. The molecule has 0 saturated carbocycles. The van der Waals surface area contributed by atoms with E-state index in [1.54, 1.807) is 43.5 Å². The van der Waals surface area contributed by atoms with Gasteiger partial charge in [0.1, 0.15) is 0 Å². The van der Waals surface area contributed by atoms with E-state index < -0.39 is 4.92 Å². The van der Waals surface area contributed by atoms with E-state index >= 15 is 0 Å². The normalized spacial score (nSPS) is 11.9. The van der Waals surface area contributed by atoms with Crippen LogP contribution in [0.5, 0.6) is 11.6 Å². The quantitative estimate of drug-likeness (QED) is 0.682. The average molecular weight is 273 g/mol. The number of para-hydroxylation sites is 1. The number of benzene rings is 1. The maximum absolute atomic E-state index is 11.1. The third-order valence-corrected chi connectivity index (χ3v) is 2.88. The summed E-state index contributed by atoms with van der Waals surface area (Å²) in [4.78, 5) is 14.7. The van der Waals surface area contributed by atoms with Crippen LogP contribution in [0.4, 0.5) is 5.69 Å². The molecule has 6 heteroatoms. The van der Waals surface area contributed by atoms with Crippen molar-refractivity contribution in [3.8, 4) is 11.6 Å². The Labute approximate surface area is 116 Å². The van der Waals surface area contributed by atoms with E-state index in [1.807, 2.05) is 6.92 Å². The Balaban J connectivity index is 2.38. The highest BCUT2D eigenvalue weighted by Gasteiger charge is 2.19. The van der Waals surface area contributed by atoms with Gasteiger partial charge in [-0.25, -0.2) is 4.98 Å². The first-order valence-electron chi connectivity index (χ1n) is 6.12. The zero-order valence-electron chi connectivity index (χ0n) is 11.2. The minimum atomic E-state index is -0.458. The molecular formula is C14H15N3O3. The number of nitro groups is 1. The number of ether oxygens (including phenoxy) is 1. The first kappa shape index (κ1) is 14.0. The van der Waals surface area contributed by atoms with Crippen molar-refractivity contribution in [1.29, 1.82) is 0 Å². The molecule has 2 N–H and O–H groups in total. The van der Waals surface area contributed by atoms with Crippen molar-refractivity contribution in [3.05, 3.63) is 57.8 Å². The van der Waals surface area contributed by atoms with Gasteiger partial charge in [0.2, 0.25) is 11.6 Å². The van der Waals surface area contributed by atoms with Gasteiger partial charge >= 0.3 is 5.69 Å². The van der Waals surface area contributed by atoms with E-state index in [0.29, 0.717) is 5.56 Å². The first-order valence-corrected chi connectivity index (χ1v) is 6.12. The second-order valence-corrected chi connectivity index (χ2v) is 4.50. The highest BCUT2D eigenvalue weighted by molar-refractivity contribution is 5.53. The van der Waals surface area contributed by atoms with Crippen LogP contribution in [-0.2, 0) is 0 Å². The van der Waals surface area contributed by atoms with E-state index in [4.69, 9.17) is 10.5 Å². The lowest BCUT2D eigenvalue weighted by Crippen LogP contribution is -2.05. The number of rotatable bonds is 4. The summed E-state index contributed by atoms with van der Waals surface area (Å²) >= 11 is 0. The average Bonchev–Trinajstić information content (AvgIpc) is 2.38. The fourth-order valence-electron chi connectivity index (χ4n) is 1.82. The number of aryl methyl sites for hydroxylation is 1. The lowest BCUT2D eigenvalue weighted by atomic mass is 10.1. The lowest BCUT2D eigenvalue weighted by Gasteiger charge is -2.09. The Morgan fingerprint density at radius 1 is 1.40 bits per heavy atom. The summed E-state index contributed by atoms with van der Waals surface area (Å²) in [5, 5.41) is 11.1. The van der Waals surface area contributed by atoms with Gasteiger partial charge in [-0.3, -0.25) is 10.1 Å². The van der Waals surface area contributed by atoms with E-state index in [1.165, 1.54) is 0 Å². The first-order chi connectivity index (χ1) is 9.49. The molecule has 2 aromatic rings. The number of pyridine rings is 1. The zero-order chi connectivity index (χ0) is 14.7. The molecule has 0 amide bonds. The molecule has 0 radical (unpaired) electrons. The zero-order valence-corrected chi connectivity index (χ0v) is 11.2. The molecule has 0 saturated heterocycles.